The van der Waals surface area contributed by atoms with Gasteiger partial charge in [-0.25, -0.2) is 0 Å². The van der Waals surface area contributed by atoms with Crippen molar-refractivity contribution in [1.29, 1.82) is 0 Å². The van der Waals surface area contributed by atoms with Crippen LogP contribution in [-0.4, -0.2) is 10.2 Å². The first kappa shape index (κ1) is 10.4. The van der Waals surface area contributed by atoms with Crippen LogP contribution in [-0.2, 0) is 11.3 Å². The van der Waals surface area contributed by atoms with Crippen LogP contribution in [0.25, 0.3) is 0 Å². The maximum atomic E-state index is 11.1. The maximum absolute atomic E-state index is 11.1. The molecule has 0 unspecified atom stereocenters. The third-order valence-electron chi connectivity index (χ3n) is 1.40. The second-order valence-corrected chi connectivity index (χ2v) is 4.36. The first-order valence-electron chi connectivity index (χ1n) is 3.68. The Hall–Kier alpha value is -0.670. The van der Waals surface area contributed by atoms with E-state index in [1.807, 2.05) is 0 Å². The van der Waals surface area contributed by atoms with E-state index in [-0.39, 0.29) is 0 Å². The van der Waals surface area contributed by atoms with Gasteiger partial charge in [-0.3, -0.25) is 4.79 Å². The summed E-state index contributed by atoms with van der Waals surface area (Å²) >= 11 is 11.1. The Kier molecular flexibility index (Phi) is 3.22. The second kappa shape index (κ2) is 4.03. The first-order valence-corrected chi connectivity index (χ1v) is 4.44. The van der Waals surface area contributed by atoms with E-state index < -0.39 is 10.2 Å². The van der Waals surface area contributed by atoms with E-state index in [9.17, 15) is 4.79 Å². The van der Waals surface area contributed by atoms with E-state index in [0.717, 1.165) is 0 Å². The summed E-state index contributed by atoms with van der Waals surface area (Å²) in [5, 5.41) is 2.53. The van der Waals surface area contributed by atoms with Crippen LogP contribution in [0.5, 0.6) is 0 Å². The van der Waals surface area contributed by atoms with Crippen molar-refractivity contribution < 1.29 is 9.21 Å². The molecule has 3 nitrogen and oxygen atoms in total. The van der Waals surface area contributed by atoms with Gasteiger partial charge < -0.3 is 9.73 Å². The Labute approximate surface area is 86.0 Å². The number of carbonyl (C=O) groups is 1. The molecule has 0 bridgehead atoms. The van der Waals surface area contributed by atoms with Gasteiger partial charge in [-0.15, -0.1) is 0 Å². The number of hydrogen-bond donors (Lipinski definition) is 1. The zero-order chi connectivity index (χ0) is 9.90. The van der Waals surface area contributed by atoms with E-state index in [2.05, 4.69) is 5.32 Å². The van der Waals surface area contributed by atoms with Crippen LogP contribution in [0.15, 0.2) is 22.8 Å². The van der Waals surface area contributed by atoms with Crippen LogP contribution in [0.4, 0.5) is 0 Å². The van der Waals surface area contributed by atoms with Crippen molar-refractivity contribution in [2.75, 3.05) is 0 Å². The number of alkyl halides is 2. The van der Waals surface area contributed by atoms with Gasteiger partial charge in [0.2, 0.25) is 0 Å². The molecule has 0 radical (unpaired) electrons. The van der Waals surface area contributed by atoms with Crippen molar-refractivity contribution in [2.24, 2.45) is 0 Å². The van der Waals surface area contributed by atoms with Crippen molar-refractivity contribution in [1.82, 2.24) is 5.32 Å². The minimum Gasteiger partial charge on any atom is -0.467 e. The molecule has 0 saturated heterocycles. The molecule has 0 aliphatic rings. The summed E-state index contributed by atoms with van der Waals surface area (Å²) < 4.78 is 3.60. The third-order valence-corrected chi connectivity index (χ3v) is 1.75. The van der Waals surface area contributed by atoms with E-state index in [0.29, 0.717) is 12.3 Å². The zero-order valence-electron chi connectivity index (χ0n) is 7.01. The molecule has 1 aromatic rings. The maximum Gasteiger partial charge on any atom is 0.256 e. The van der Waals surface area contributed by atoms with Gasteiger partial charge in [0.1, 0.15) is 5.76 Å². The van der Waals surface area contributed by atoms with Gasteiger partial charge in [-0.05, 0) is 19.1 Å². The molecule has 72 valence electrons. The van der Waals surface area contributed by atoms with Gasteiger partial charge in [-0.1, -0.05) is 23.2 Å². The molecule has 1 amide bonds. The highest BCUT2D eigenvalue weighted by Gasteiger charge is 2.26. The molecule has 5 heteroatoms. The molecule has 1 aromatic heterocycles. The van der Waals surface area contributed by atoms with Crippen molar-refractivity contribution in [3.05, 3.63) is 24.2 Å². The van der Waals surface area contributed by atoms with Crippen LogP contribution in [0.1, 0.15) is 12.7 Å². The number of halogens is 2. The topological polar surface area (TPSA) is 42.2 Å². The van der Waals surface area contributed by atoms with Crippen molar-refractivity contribution in [3.63, 3.8) is 0 Å². The molecule has 0 aliphatic carbocycles. The predicted octanol–water partition coefficient (Wildman–Crippen LogP) is 2.09. The highest BCUT2D eigenvalue weighted by atomic mass is 35.5. The largest absolute Gasteiger partial charge is 0.467 e. The van der Waals surface area contributed by atoms with Gasteiger partial charge >= 0.3 is 0 Å². The van der Waals surface area contributed by atoms with Gasteiger partial charge in [0.05, 0.1) is 12.8 Å². The normalized spacial score (nSPS) is 11.3. The third kappa shape index (κ3) is 3.28. The summed E-state index contributed by atoms with van der Waals surface area (Å²) in [6.07, 6.45) is 1.53. The van der Waals surface area contributed by atoms with Gasteiger partial charge in [-0.2, -0.15) is 0 Å². The summed E-state index contributed by atoms with van der Waals surface area (Å²) in [6.45, 7) is 1.70. The number of furan rings is 1. The molecular weight excluding hydrogens is 213 g/mol. The van der Waals surface area contributed by atoms with E-state index in [1.54, 1.807) is 12.1 Å². The molecule has 0 aliphatic heterocycles. The quantitative estimate of drug-likeness (QED) is 0.795. The minimum atomic E-state index is -1.40. The van der Waals surface area contributed by atoms with Crippen LogP contribution in [0.2, 0.25) is 0 Å². The SMILES string of the molecule is CC(Cl)(Cl)C(=O)NCc1ccco1. The average molecular weight is 222 g/mol. The lowest BCUT2D eigenvalue weighted by Gasteiger charge is -2.11. The summed E-state index contributed by atoms with van der Waals surface area (Å²) in [7, 11) is 0. The Balaban J connectivity index is 2.40. The fourth-order valence-electron chi connectivity index (χ4n) is 0.736. The molecule has 0 atom stereocenters. The Morgan fingerprint density at radius 1 is 1.69 bits per heavy atom. The number of rotatable bonds is 3. The highest BCUT2D eigenvalue weighted by molar-refractivity contribution is 6.57. The van der Waals surface area contributed by atoms with Crippen LogP contribution in [0, 0.1) is 0 Å². The fraction of sp³-hybridized carbons (Fsp3) is 0.375. The lowest BCUT2D eigenvalue weighted by Crippen LogP contribution is -2.35. The lowest BCUT2D eigenvalue weighted by atomic mass is 10.4. The van der Waals surface area contributed by atoms with Crippen molar-refractivity contribution in [3.8, 4) is 0 Å². The predicted molar refractivity (Wildman–Crippen MR) is 50.7 cm³/mol. The minimum absolute atomic E-state index is 0.293. The van der Waals surface area contributed by atoms with E-state index in [4.69, 9.17) is 27.6 Å². The first-order chi connectivity index (χ1) is 6.00. The number of nitrogens with one attached hydrogen (secondary N) is 1. The number of carbonyl (C=O) groups excluding carboxylic acids is 1. The van der Waals surface area contributed by atoms with E-state index >= 15 is 0 Å². The fourth-order valence-corrected chi connectivity index (χ4v) is 0.869. The van der Waals surface area contributed by atoms with Crippen LogP contribution in [0.3, 0.4) is 0 Å². The molecule has 1 heterocycles. The molecule has 13 heavy (non-hydrogen) atoms. The Morgan fingerprint density at radius 3 is 2.85 bits per heavy atom. The summed E-state index contributed by atoms with van der Waals surface area (Å²) in [4.78, 5) is 11.1. The summed E-state index contributed by atoms with van der Waals surface area (Å²) in [6, 6.07) is 3.49. The summed E-state index contributed by atoms with van der Waals surface area (Å²) in [5.74, 6) is 0.221. The van der Waals surface area contributed by atoms with Gasteiger partial charge in [0, 0.05) is 0 Å². The van der Waals surface area contributed by atoms with Crippen LogP contribution >= 0.6 is 23.2 Å². The molecular formula is C8H9Cl2NO2. The Morgan fingerprint density at radius 2 is 2.38 bits per heavy atom. The number of amides is 1. The standard InChI is InChI=1S/C8H9Cl2NO2/c1-8(9,10)7(12)11-5-6-3-2-4-13-6/h2-4H,5H2,1H3,(H,11,12). The molecule has 1 N–H and O–H groups in total. The van der Waals surface area contributed by atoms with E-state index in [1.165, 1.54) is 13.2 Å². The molecule has 1 rings (SSSR count). The molecule has 0 spiro atoms. The van der Waals surface area contributed by atoms with Gasteiger partial charge in [0.25, 0.3) is 5.91 Å². The summed E-state index contributed by atoms with van der Waals surface area (Å²) in [5.41, 5.74) is 0. The molecule has 0 fully saturated rings. The highest BCUT2D eigenvalue weighted by Crippen LogP contribution is 2.19. The van der Waals surface area contributed by atoms with Gasteiger partial charge in [0.15, 0.2) is 4.33 Å². The average Bonchev–Trinajstić information content (AvgIpc) is 2.50. The smallest absolute Gasteiger partial charge is 0.256 e. The Bertz CT molecular complexity index is 277. The lowest BCUT2D eigenvalue weighted by molar-refractivity contribution is -0.121. The number of hydrogen-bond acceptors (Lipinski definition) is 2. The van der Waals surface area contributed by atoms with Crippen LogP contribution < -0.4 is 5.32 Å². The van der Waals surface area contributed by atoms with Crippen molar-refractivity contribution >= 4 is 29.1 Å². The monoisotopic (exact) mass is 221 g/mol. The molecule has 0 aromatic carbocycles. The van der Waals surface area contributed by atoms with Crippen molar-refractivity contribution in [2.45, 2.75) is 17.8 Å². The molecule has 0 saturated carbocycles. The zero-order valence-corrected chi connectivity index (χ0v) is 8.52. The second-order valence-electron chi connectivity index (χ2n) is 2.65.